The molecular weight excluding hydrogens is 152 g/mol. The summed E-state index contributed by atoms with van der Waals surface area (Å²) in [4.78, 5) is 0. The summed E-state index contributed by atoms with van der Waals surface area (Å²) >= 11 is 0. The van der Waals surface area contributed by atoms with Crippen molar-refractivity contribution in [2.24, 2.45) is 11.1 Å². The summed E-state index contributed by atoms with van der Waals surface area (Å²) < 4.78 is 6.04. The van der Waals surface area contributed by atoms with Gasteiger partial charge in [0.15, 0.2) is 0 Å². The molecule has 3 N–H and O–H groups in total. The highest BCUT2D eigenvalue weighted by atomic mass is 16.5. The Hall–Kier alpha value is -0.120. The van der Waals surface area contributed by atoms with Crippen LogP contribution in [0.2, 0.25) is 0 Å². The summed E-state index contributed by atoms with van der Waals surface area (Å²) in [6.07, 6.45) is 4.26. The highest BCUT2D eigenvalue weighted by Crippen LogP contribution is 2.57. The summed E-state index contributed by atoms with van der Waals surface area (Å²) in [6, 6.07) is 0. The van der Waals surface area contributed by atoms with Crippen molar-refractivity contribution in [2.45, 2.75) is 31.0 Å². The lowest BCUT2D eigenvalue weighted by Gasteiger charge is -2.51. The van der Waals surface area contributed by atoms with E-state index in [0.29, 0.717) is 11.5 Å². The Bertz CT molecular complexity index is 213. The third-order valence-electron chi connectivity index (χ3n) is 4.13. The lowest BCUT2D eigenvalue weighted by atomic mass is 9.68. The number of hydrogen-bond acceptors (Lipinski definition) is 3. The predicted molar refractivity (Wildman–Crippen MR) is 45.8 cm³/mol. The molecule has 1 aliphatic carbocycles. The van der Waals surface area contributed by atoms with Gasteiger partial charge in [-0.1, -0.05) is 0 Å². The number of nitrogens with two attached hydrogens (primary N) is 1. The second-order valence-electron chi connectivity index (χ2n) is 4.56. The van der Waals surface area contributed by atoms with Crippen molar-refractivity contribution in [3.05, 3.63) is 0 Å². The number of ether oxygens (including phenoxy) is 1. The molecule has 0 aromatic heterocycles. The topological polar surface area (TPSA) is 47.3 Å². The van der Waals surface area contributed by atoms with Gasteiger partial charge in [0.2, 0.25) is 0 Å². The first kappa shape index (κ1) is 7.30. The standard InChI is InChI=1S/C9H16N2O/c10-4-8-2-1-7(3-8)12-9(8)5-11-6-9/h7,11H,1-6,10H2. The van der Waals surface area contributed by atoms with E-state index in [1.54, 1.807) is 0 Å². The quantitative estimate of drug-likeness (QED) is 0.572. The molecule has 2 unspecified atom stereocenters. The van der Waals surface area contributed by atoms with E-state index in [1.165, 1.54) is 19.3 Å². The van der Waals surface area contributed by atoms with Gasteiger partial charge in [0, 0.05) is 25.0 Å². The highest BCUT2D eigenvalue weighted by Gasteiger charge is 2.64. The van der Waals surface area contributed by atoms with Crippen LogP contribution >= 0.6 is 0 Å². The van der Waals surface area contributed by atoms with Gasteiger partial charge in [-0.25, -0.2) is 0 Å². The van der Waals surface area contributed by atoms with Crippen LogP contribution in [0.4, 0.5) is 0 Å². The molecule has 0 aromatic rings. The van der Waals surface area contributed by atoms with E-state index in [2.05, 4.69) is 5.32 Å². The minimum absolute atomic E-state index is 0.144. The van der Waals surface area contributed by atoms with Gasteiger partial charge in [-0.2, -0.15) is 0 Å². The van der Waals surface area contributed by atoms with Crippen LogP contribution in [0, 0.1) is 5.41 Å². The number of nitrogens with one attached hydrogen (secondary N) is 1. The van der Waals surface area contributed by atoms with Crippen molar-refractivity contribution >= 4 is 0 Å². The van der Waals surface area contributed by atoms with Crippen molar-refractivity contribution < 1.29 is 4.74 Å². The Kier molecular flexibility index (Phi) is 1.23. The van der Waals surface area contributed by atoms with Crippen LogP contribution in [0.25, 0.3) is 0 Å². The fourth-order valence-corrected chi connectivity index (χ4v) is 3.22. The summed E-state index contributed by atoms with van der Waals surface area (Å²) in [7, 11) is 0. The maximum absolute atomic E-state index is 6.04. The van der Waals surface area contributed by atoms with Crippen LogP contribution in [0.3, 0.4) is 0 Å². The van der Waals surface area contributed by atoms with Crippen molar-refractivity contribution in [3.8, 4) is 0 Å². The van der Waals surface area contributed by atoms with Gasteiger partial charge in [-0.3, -0.25) is 0 Å². The van der Waals surface area contributed by atoms with Gasteiger partial charge in [0.1, 0.15) is 5.60 Å². The summed E-state index contributed by atoms with van der Waals surface area (Å²) in [5.74, 6) is 0. The van der Waals surface area contributed by atoms with Gasteiger partial charge >= 0.3 is 0 Å². The Morgan fingerprint density at radius 2 is 2.33 bits per heavy atom. The molecule has 68 valence electrons. The SMILES string of the molecule is NCC12CCC(C1)OC21CNC1. The Balaban J connectivity index is 1.96. The molecule has 3 nitrogen and oxygen atoms in total. The van der Waals surface area contributed by atoms with E-state index in [4.69, 9.17) is 10.5 Å². The second kappa shape index (κ2) is 2.03. The van der Waals surface area contributed by atoms with Crippen molar-refractivity contribution in [2.75, 3.05) is 19.6 Å². The van der Waals surface area contributed by atoms with E-state index >= 15 is 0 Å². The lowest BCUT2D eigenvalue weighted by Crippen LogP contribution is -2.69. The maximum Gasteiger partial charge on any atom is 0.100 e. The first-order valence-corrected chi connectivity index (χ1v) is 4.89. The third-order valence-corrected chi connectivity index (χ3v) is 4.13. The molecule has 2 bridgehead atoms. The summed E-state index contributed by atoms with van der Waals surface area (Å²) in [5.41, 5.74) is 6.36. The molecule has 2 atom stereocenters. The van der Waals surface area contributed by atoms with E-state index in [0.717, 1.165) is 19.6 Å². The number of hydrogen-bond donors (Lipinski definition) is 2. The van der Waals surface area contributed by atoms with Crippen LogP contribution in [-0.4, -0.2) is 31.3 Å². The average molecular weight is 168 g/mol. The van der Waals surface area contributed by atoms with Gasteiger partial charge in [-0.15, -0.1) is 0 Å². The number of rotatable bonds is 1. The fraction of sp³-hybridized carbons (Fsp3) is 1.00. The molecule has 3 aliphatic rings. The van der Waals surface area contributed by atoms with Crippen molar-refractivity contribution in [1.82, 2.24) is 5.32 Å². The molecule has 0 radical (unpaired) electrons. The largest absolute Gasteiger partial charge is 0.368 e. The molecule has 1 saturated carbocycles. The van der Waals surface area contributed by atoms with Crippen molar-refractivity contribution in [1.29, 1.82) is 0 Å². The first-order chi connectivity index (χ1) is 5.80. The smallest absolute Gasteiger partial charge is 0.100 e. The van der Waals surface area contributed by atoms with Gasteiger partial charge in [-0.05, 0) is 19.3 Å². The second-order valence-corrected chi connectivity index (χ2v) is 4.56. The Labute approximate surface area is 72.6 Å². The molecule has 0 aromatic carbocycles. The summed E-state index contributed by atoms with van der Waals surface area (Å²) in [5, 5.41) is 3.31. The third kappa shape index (κ3) is 0.605. The van der Waals surface area contributed by atoms with E-state index < -0.39 is 0 Å². The minimum Gasteiger partial charge on any atom is -0.368 e. The minimum atomic E-state index is 0.144. The average Bonchev–Trinajstić information content (AvgIpc) is 2.56. The van der Waals surface area contributed by atoms with Crippen LogP contribution in [0.5, 0.6) is 0 Å². The monoisotopic (exact) mass is 168 g/mol. The predicted octanol–water partition coefficient (Wildman–Crippen LogP) is -0.144. The molecule has 2 saturated heterocycles. The Morgan fingerprint density at radius 3 is 2.75 bits per heavy atom. The van der Waals surface area contributed by atoms with E-state index in [-0.39, 0.29) is 5.60 Å². The Morgan fingerprint density at radius 1 is 1.50 bits per heavy atom. The van der Waals surface area contributed by atoms with Gasteiger partial charge in [0.25, 0.3) is 0 Å². The first-order valence-electron chi connectivity index (χ1n) is 4.89. The molecule has 12 heavy (non-hydrogen) atoms. The van der Waals surface area contributed by atoms with Gasteiger partial charge < -0.3 is 15.8 Å². The van der Waals surface area contributed by atoms with Crippen LogP contribution < -0.4 is 11.1 Å². The fourth-order valence-electron chi connectivity index (χ4n) is 3.22. The maximum atomic E-state index is 6.04. The zero-order valence-corrected chi connectivity index (χ0v) is 7.31. The zero-order valence-electron chi connectivity index (χ0n) is 7.31. The molecular formula is C9H16N2O. The molecule has 2 heterocycles. The highest BCUT2D eigenvalue weighted by molar-refractivity contribution is 5.17. The molecule has 0 amide bonds. The van der Waals surface area contributed by atoms with Crippen LogP contribution in [0.1, 0.15) is 19.3 Å². The summed E-state index contributed by atoms with van der Waals surface area (Å²) in [6.45, 7) is 2.87. The molecule has 3 rings (SSSR count). The zero-order chi connectivity index (χ0) is 8.23. The number of fused-ring (bicyclic) bond motifs is 3. The van der Waals surface area contributed by atoms with Gasteiger partial charge in [0.05, 0.1) is 6.10 Å². The lowest BCUT2D eigenvalue weighted by molar-refractivity contribution is -0.147. The molecule has 2 aliphatic heterocycles. The van der Waals surface area contributed by atoms with Crippen LogP contribution in [0.15, 0.2) is 0 Å². The molecule has 3 heteroatoms. The van der Waals surface area contributed by atoms with E-state index in [9.17, 15) is 0 Å². The van der Waals surface area contributed by atoms with Crippen LogP contribution in [-0.2, 0) is 4.74 Å². The normalized spacial score (nSPS) is 48.2. The van der Waals surface area contributed by atoms with E-state index in [1.807, 2.05) is 0 Å². The molecule has 1 spiro atoms. The molecule has 3 fully saturated rings. The van der Waals surface area contributed by atoms with Crippen molar-refractivity contribution in [3.63, 3.8) is 0 Å².